The zero-order valence-corrected chi connectivity index (χ0v) is 41.0. The van der Waals surface area contributed by atoms with Gasteiger partial charge in [-0.2, -0.15) is 0 Å². The van der Waals surface area contributed by atoms with Crippen LogP contribution in [0.5, 0.6) is 23.0 Å². The third kappa shape index (κ3) is 6.76. The highest BCUT2D eigenvalue weighted by molar-refractivity contribution is 7.21. The minimum absolute atomic E-state index is 0.147. The van der Waals surface area contributed by atoms with E-state index in [-0.39, 0.29) is 6.71 Å². The van der Waals surface area contributed by atoms with Gasteiger partial charge in [0.15, 0.2) is 16.1 Å². The fourth-order valence-corrected chi connectivity index (χ4v) is 22.0. The Morgan fingerprint density at radius 1 is 0.239 bits per heavy atom. The first kappa shape index (κ1) is 42.6. The van der Waals surface area contributed by atoms with Crippen molar-refractivity contribution in [2.24, 2.45) is 0 Å². The molecule has 0 radical (unpaired) electrons. The van der Waals surface area contributed by atoms with E-state index < -0.39 is 16.1 Å². The molecule has 71 heavy (non-hydrogen) atoms. The van der Waals surface area contributed by atoms with Gasteiger partial charge in [0.2, 0.25) is 0 Å². The van der Waals surface area contributed by atoms with Crippen LogP contribution in [0, 0.1) is 0 Å². The van der Waals surface area contributed by atoms with Crippen LogP contribution in [-0.4, -0.2) is 22.9 Å². The second-order valence-electron chi connectivity index (χ2n) is 18.5. The van der Waals surface area contributed by atoms with E-state index in [4.69, 9.17) is 9.47 Å². The lowest BCUT2D eigenvalue weighted by Crippen LogP contribution is -2.75. The van der Waals surface area contributed by atoms with E-state index in [0.717, 1.165) is 50.5 Å². The molecule has 0 atom stereocenters. The molecule has 0 bridgehead atoms. The van der Waals surface area contributed by atoms with Crippen LogP contribution >= 0.6 is 0 Å². The van der Waals surface area contributed by atoms with Gasteiger partial charge in [-0.15, -0.1) is 0 Å². The predicted molar refractivity (Wildman–Crippen MR) is 302 cm³/mol. The lowest BCUT2D eigenvalue weighted by Gasteiger charge is -2.38. The van der Waals surface area contributed by atoms with Crippen LogP contribution in [0.3, 0.4) is 0 Å². The maximum absolute atomic E-state index is 7.28. The van der Waals surface area contributed by atoms with Crippen molar-refractivity contribution in [1.29, 1.82) is 0 Å². The average Bonchev–Trinajstić information content (AvgIpc) is 3.45. The lowest BCUT2D eigenvalue weighted by molar-refractivity contribution is 0.466. The van der Waals surface area contributed by atoms with E-state index in [9.17, 15) is 0 Å². The third-order valence-electron chi connectivity index (χ3n) is 14.9. The number of rotatable bonds is 10. The zero-order valence-electron chi connectivity index (χ0n) is 39.0. The molecule has 0 saturated heterocycles. The number of benzene rings is 11. The van der Waals surface area contributed by atoms with Gasteiger partial charge in [0.05, 0.1) is 0 Å². The molecule has 0 amide bonds. The van der Waals surface area contributed by atoms with Crippen molar-refractivity contribution < 1.29 is 9.47 Å². The zero-order chi connectivity index (χ0) is 47.2. The van der Waals surface area contributed by atoms with E-state index in [2.05, 4.69) is 285 Å². The largest absolute Gasteiger partial charge is 0.458 e. The smallest absolute Gasteiger partial charge is 0.260 e. The summed E-state index contributed by atoms with van der Waals surface area (Å²) in [4.78, 5) is 0. The van der Waals surface area contributed by atoms with Crippen LogP contribution < -0.4 is 67.4 Å². The first-order valence-electron chi connectivity index (χ1n) is 24.5. The van der Waals surface area contributed by atoms with Gasteiger partial charge in [0.25, 0.3) is 6.71 Å². The molecule has 0 fully saturated rings. The van der Waals surface area contributed by atoms with Gasteiger partial charge >= 0.3 is 0 Å². The van der Waals surface area contributed by atoms with E-state index in [1.54, 1.807) is 0 Å². The molecule has 5 heteroatoms. The maximum Gasteiger partial charge on any atom is 0.260 e. The highest BCUT2D eigenvalue weighted by Gasteiger charge is 2.47. The summed E-state index contributed by atoms with van der Waals surface area (Å²) in [6.07, 6.45) is 0. The Morgan fingerprint density at radius 2 is 0.507 bits per heavy atom. The Bertz CT molecular complexity index is 3270. The van der Waals surface area contributed by atoms with Gasteiger partial charge in [-0.3, -0.25) is 0 Å². The topological polar surface area (TPSA) is 18.5 Å². The van der Waals surface area contributed by atoms with Crippen LogP contribution in [0.15, 0.2) is 285 Å². The van der Waals surface area contributed by atoms with Crippen LogP contribution in [-0.2, 0) is 0 Å². The van der Waals surface area contributed by atoms with Gasteiger partial charge in [-0.25, -0.2) is 0 Å². The molecular formula is C66H47BO2Si2. The number of hydrogen-bond acceptors (Lipinski definition) is 2. The van der Waals surface area contributed by atoms with Crippen molar-refractivity contribution in [2.45, 2.75) is 0 Å². The summed E-state index contributed by atoms with van der Waals surface area (Å²) in [5.41, 5.74) is 7.81. The van der Waals surface area contributed by atoms with Crippen LogP contribution in [0.25, 0.3) is 22.3 Å². The van der Waals surface area contributed by atoms with Crippen molar-refractivity contribution >= 4 is 80.7 Å². The van der Waals surface area contributed by atoms with Crippen molar-refractivity contribution in [3.63, 3.8) is 0 Å². The summed E-state index contributed by atoms with van der Waals surface area (Å²) < 4.78 is 14.6. The number of fused-ring (bicyclic) bond motifs is 4. The number of para-hydroxylation sites is 2. The summed E-state index contributed by atoms with van der Waals surface area (Å²) in [5, 5.41) is 10.6. The number of ether oxygens (including phenoxy) is 2. The molecule has 2 heterocycles. The first-order chi connectivity index (χ1) is 35.3. The minimum atomic E-state index is -2.94. The Kier molecular flexibility index (Phi) is 10.7. The molecule has 0 unspecified atom stereocenters. The molecule has 2 nitrogen and oxygen atoms in total. The van der Waals surface area contributed by atoms with Crippen molar-refractivity contribution in [1.82, 2.24) is 0 Å². The van der Waals surface area contributed by atoms with Crippen LogP contribution in [0.4, 0.5) is 0 Å². The maximum atomic E-state index is 7.28. The van der Waals surface area contributed by atoms with Crippen LogP contribution in [0.2, 0.25) is 0 Å². The summed E-state index contributed by atoms with van der Waals surface area (Å²) in [5.74, 6) is 3.41. The summed E-state index contributed by atoms with van der Waals surface area (Å²) >= 11 is 0. The SMILES string of the molecule is c1ccc([Si](c2ccccc2)(c2ccccc2)c2ccccc2-c2cccc3c2Oc2cccc4c2B3c2cccc(-c3ccccc3[Si](c3ccccc3)(c3ccccc3)c3ccccc3)c2O4)cc1. The molecule has 0 aromatic heterocycles. The quantitative estimate of drug-likeness (QED) is 0.101. The Morgan fingerprint density at radius 3 is 0.831 bits per heavy atom. The average molecular weight is 939 g/mol. The summed E-state index contributed by atoms with van der Waals surface area (Å²) in [6, 6.07) is 105. The molecule has 2 aliphatic rings. The fourth-order valence-electron chi connectivity index (χ4n) is 12.1. The highest BCUT2D eigenvalue weighted by atomic mass is 28.3. The molecule has 0 saturated carbocycles. The molecule has 11 aromatic carbocycles. The molecule has 0 aliphatic carbocycles. The van der Waals surface area contributed by atoms with Crippen molar-refractivity contribution in [3.8, 4) is 45.3 Å². The van der Waals surface area contributed by atoms with Gasteiger partial charge in [-0.05, 0) is 75.7 Å². The molecule has 2 aliphatic heterocycles. The standard InChI is InChI=1S/C66H47BO2Si2/c1-7-26-48(27-8-1)70(49-28-9-2-10-29-49,50-30-11-3-12-31-50)62-46-21-19-38-54(62)56-40-23-42-58-65(56)68-60-44-25-45-61-64(60)67(58)59-43-24-41-57(66(59)69-61)55-39-20-22-47-63(55)71(51-32-13-4-14-33-51,52-34-15-5-16-35-52)53-36-17-6-18-37-53/h1-47H. The van der Waals surface area contributed by atoms with Gasteiger partial charge in [0, 0.05) is 16.6 Å². The van der Waals surface area contributed by atoms with Gasteiger partial charge < -0.3 is 9.47 Å². The minimum Gasteiger partial charge on any atom is -0.458 e. The molecule has 0 spiro atoms. The van der Waals surface area contributed by atoms with E-state index in [1.807, 2.05) is 0 Å². The molecule has 13 rings (SSSR count). The van der Waals surface area contributed by atoms with E-state index in [0.29, 0.717) is 0 Å². The monoisotopic (exact) mass is 938 g/mol. The number of hydrogen-bond donors (Lipinski definition) is 0. The second-order valence-corrected chi connectivity index (χ2v) is 26.1. The van der Waals surface area contributed by atoms with E-state index in [1.165, 1.54) is 52.6 Å². The van der Waals surface area contributed by atoms with E-state index >= 15 is 0 Å². The van der Waals surface area contributed by atoms with Crippen molar-refractivity contribution in [2.75, 3.05) is 0 Å². The van der Waals surface area contributed by atoms with Crippen LogP contribution in [0.1, 0.15) is 0 Å². The highest BCUT2D eigenvalue weighted by Crippen LogP contribution is 2.42. The summed E-state index contributed by atoms with van der Waals surface area (Å²) in [6.45, 7) is -0.147. The first-order valence-corrected chi connectivity index (χ1v) is 28.5. The Labute approximate surface area is 418 Å². The van der Waals surface area contributed by atoms with Gasteiger partial charge in [0.1, 0.15) is 23.0 Å². The fraction of sp³-hybridized carbons (Fsp3) is 0. The Balaban J connectivity index is 1.04. The second kappa shape index (κ2) is 17.8. The molecular weight excluding hydrogens is 892 g/mol. The van der Waals surface area contributed by atoms with Crippen molar-refractivity contribution in [3.05, 3.63) is 285 Å². The molecule has 11 aromatic rings. The van der Waals surface area contributed by atoms with Gasteiger partial charge in [-0.1, -0.05) is 273 Å². The Hall–Kier alpha value is -8.48. The predicted octanol–water partition coefficient (Wildman–Crippen LogP) is 8.50. The lowest BCUT2D eigenvalue weighted by atomic mass is 9.34. The third-order valence-corrected chi connectivity index (χ3v) is 24.6. The summed E-state index contributed by atoms with van der Waals surface area (Å²) in [7, 11) is -5.87. The molecule has 0 N–H and O–H groups in total. The molecule has 334 valence electrons. The normalized spacial score (nSPS) is 12.4.